The molecule has 0 heterocycles. The number of esters is 1. The van der Waals surface area contributed by atoms with Crippen LogP contribution in [-0.4, -0.2) is 55.3 Å². The summed E-state index contributed by atoms with van der Waals surface area (Å²) in [6.45, 7) is -0.311. The Morgan fingerprint density at radius 2 is 1.42 bits per heavy atom. The van der Waals surface area contributed by atoms with Crippen LogP contribution >= 0.6 is 0 Å². The number of aryl methyl sites for hydroxylation is 1. The molecule has 36 heavy (non-hydrogen) atoms. The molecule has 2 atom stereocenters. The zero-order valence-corrected chi connectivity index (χ0v) is 20.2. The predicted molar refractivity (Wildman–Crippen MR) is 132 cm³/mol. The minimum absolute atomic E-state index is 0.0444. The van der Waals surface area contributed by atoms with E-state index in [1.165, 1.54) is 0 Å². The lowest BCUT2D eigenvalue weighted by Gasteiger charge is -2.22. The number of hydrogen-bond acceptors (Lipinski definition) is 6. The molecule has 0 aliphatic heterocycles. The second kappa shape index (κ2) is 14.9. The Morgan fingerprint density at radius 3 is 2.00 bits per heavy atom. The van der Waals surface area contributed by atoms with Gasteiger partial charge in [-0.2, -0.15) is 0 Å². The molecule has 10 nitrogen and oxygen atoms in total. The largest absolute Gasteiger partial charge is 0.467 e. The van der Waals surface area contributed by atoms with Crippen LogP contribution in [0.25, 0.3) is 0 Å². The number of benzene rings is 2. The fourth-order valence-electron chi connectivity index (χ4n) is 3.42. The highest BCUT2D eigenvalue weighted by Gasteiger charge is 2.28. The molecule has 4 amide bonds. The van der Waals surface area contributed by atoms with E-state index < -0.39 is 35.8 Å². The molecule has 0 aromatic heterocycles. The number of rotatable bonds is 14. The van der Waals surface area contributed by atoms with Gasteiger partial charge in [0.2, 0.25) is 23.6 Å². The van der Waals surface area contributed by atoms with Crippen LogP contribution in [0.5, 0.6) is 0 Å². The number of ether oxygens (including phenoxy) is 1. The Bertz CT molecular complexity index is 1030. The molecule has 0 unspecified atom stereocenters. The van der Waals surface area contributed by atoms with Gasteiger partial charge in [-0.25, -0.2) is 4.79 Å². The second-order valence-electron chi connectivity index (χ2n) is 8.16. The molecular formula is C26H32N4O6. The average Bonchev–Trinajstić information content (AvgIpc) is 2.88. The van der Waals surface area contributed by atoms with Crippen molar-refractivity contribution in [3.63, 3.8) is 0 Å². The highest BCUT2D eigenvalue weighted by Crippen LogP contribution is 2.06. The van der Waals surface area contributed by atoms with Gasteiger partial charge in [0.1, 0.15) is 12.1 Å². The lowest BCUT2D eigenvalue weighted by Crippen LogP contribution is -2.54. The van der Waals surface area contributed by atoms with Crippen LogP contribution < -0.4 is 21.7 Å². The third kappa shape index (κ3) is 10.4. The van der Waals surface area contributed by atoms with Crippen molar-refractivity contribution in [2.45, 2.75) is 44.2 Å². The molecule has 5 N–H and O–H groups in total. The maximum atomic E-state index is 13.0. The standard InChI is InChI=1S/C26H32N4O6/c1-36-26(35)20(13-14-22(27)31)30-25(34)21(16-19-10-6-3-7-11-19)29-24(33)17-28-23(32)15-12-18-8-4-2-5-9-18/h2-11,20-21H,12-17H2,1H3,(H2,27,31)(H,28,32)(H,29,33)(H,30,34)/t20-,21-/m0/s1. The lowest BCUT2D eigenvalue weighted by molar-refractivity contribution is -0.145. The van der Waals surface area contributed by atoms with Crippen molar-refractivity contribution in [1.82, 2.24) is 16.0 Å². The fourth-order valence-corrected chi connectivity index (χ4v) is 3.42. The van der Waals surface area contributed by atoms with Crippen molar-refractivity contribution in [2.24, 2.45) is 5.73 Å². The van der Waals surface area contributed by atoms with Gasteiger partial charge < -0.3 is 26.4 Å². The molecule has 0 spiro atoms. The molecule has 192 valence electrons. The normalized spacial score (nSPS) is 12.0. The van der Waals surface area contributed by atoms with E-state index in [1.807, 2.05) is 36.4 Å². The third-order valence-electron chi connectivity index (χ3n) is 5.35. The van der Waals surface area contributed by atoms with E-state index in [2.05, 4.69) is 16.0 Å². The Balaban J connectivity index is 1.98. The van der Waals surface area contributed by atoms with Gasteiger partial charge in [0.05, 0.1) is 13.7 Å². The van der Waals surface area contributed by atoms with E-state index >= 15 is 0 Å². The van der Waals surface area contributed by atoms with Gasteiger partial charge in [-0.1, -0.05) is 60.7 Å². The number of carbonyl (C=O) groups is 5. The quantitative estimate of drug-likeness (QED) is 0.277. The lowest BCUT2D eigenvalue weighted by atomic mass is 10.0. The van der Waals surface area contributed by atoms with Crippen LogP contribution in [0.4, 0.5) is 0 Å². The van der Waals surface area contributed by atoms with E-state index in [0.29, 0.717) is 6.42 Å². The molecule has 2 aromatic carbocycles. The van der Waals surface area contributed by atoms with Crippen molar-refractivity contribution in [2.75, 3.05) is 13.7 Å². The van der Waals surface area contributed by atoms with Crippen molar-refractivity contribution in [3.05, 3.63) is 71.8 Å². The summed E-state index contributed by atoms with van der Waals surface area (Å²) in [5, 5.41) is 7.69. The molecule has 10 heteroatoms. The van der Waals surface area contributed by atoms with E-state index in [0.717, 1.165) is 18.2 Å². The Labute approximate surface area is 210 Å². The topological polar surface area (TPSA) is 157 Å². The summed E-state index contributed by atoms with van der Waals surface area (Å²) in [7, 11) is 1.16. The molecule has 0 radical (unpaired) electrons. The molecule has 0 saturated heterocycles. The number of carbonyl (C=O) groups excluding carboxylic acids is 5. The zero-order chi connectivity index (χ0) is 26.3. The van der Waals surface area contributed by atoms with Crippen LogP contribution in [0.2, 0.25) is 0 Å². The molecular weight excluding hydrogens is 464 g/mol. The second-order valence-corrected chi connectivity index (χ2v) is 8.16. The molecule has 2 aromatic rings. The first-order chi connectivity index (χ1) is 17.3. The van der Waals surface area contributed by atoms with Gasteiger partial charge in [-0.3, -0.25) is 19.2 Å². The first kappa shape index (κ1) is 28.0. The molecule has 2 rings (SSSR count). The van der Waals surface area contributed by atoms with Crippen LogP contribution in [0.3, 0.4) is 0 Å². The number of amides is 4. The van der Waals surface area contributed by atoms with Crippen molar-refractivity contribution < 1.29 is 28.7 Å². The van der Waals surface area contributed by atoms with E-state index in [-0.39, 0.29) is 38.1 Å². The fraction of sp³-hybridized carbons (Fsp3) is 0.346. The summed E-state index contributed by atoms with van der Waals surface area (Å²) in [4.78, 5) is 61.0. The smallest absolute Gasteiger partial charge is 0.328 e. The van der Waals surface area contributed by atoms with Gasteiger partial charge in [0, 0.05) is 19.3 Å². The minimum Gasteiger partial charge on any atom is -0.467 e. The first-order valence-corrected chi connectivity index (χ1v) is 11.6. The van der Waals surface area contributed by atoms with Crippen molar-refractivity contribution in [1.29, 1.82) is 0 Å². The summed E-state index contributed by atoms with van der Waals surface area (Å²) in [6.07, 6.45) is 0.714. The third-order valence-corrected chi connectivity index (χ3v) is 5.35. The Kier molecular flexibility index (Phi) is 11.6. The average molecular weight is 497 g/mol. The zero-order valence-electron chi connectivity index (χ0n) is 20.2. The summed E-state index contributed by atoms with van der Waals surface area (Å²) in [6, 6.07) is 16.3. The van der Waals surface area contributed by atoms with E-state index in [9.17, 15) is 24.0 Å². The highest BCUT2D eigenvalue weighted by molar-refractivity contribution is 5.92. The highest BCUT2D eigenvalue weighted by atomic mass is 16.5. The first-order valence-electron chi connectivity index (χ1n) is 11.6. The number of nitrogens with two attached hydrogens (primary N) is 1. The van der Waals surface area contributed by atoms with Gasteiger partial charge in [0.25, 0.3) is 0 Å². The molecule has 0 aliphatic carbocycles. The number of nitrogens with one attached hydrogen (secondary N) is 3. The van der Waals surface area contributed by atoms with E-state index in [1.54, 1.807) is 24.3 Å². The summed E-state index contributed by atoms with van der Waals surface area (Å²) in [5.74, 6) is -2.86. The van der Waals surface area contributed by atoms with Crippen LogP contribution in [0.1, 0.15) is 30.4 Å². The van der Waals surface area contributed by atoms with Gasteiger partial charge in [0.15, 0.2) is 0 Å². The van der Waals surface area contributed by atoms with Crippen molar-refractivity contribution >= 4 is 29.6 Å². The minimum atomic E-state index is -1.11. The van der Waals surface area contributed by atoms with Crippen LogP contribution in [0, 0.1) is 0 Å². The van der Waals surface area contributed by atoms with Gasteiger partial charge in [-0.15, -0.1) is 0 Å². The molecule has 0 fully saturated rings. The Hall–Kier alpha value is -4.21. The maximum absolute atomic E-state index is 13.0. The number of methoxy groups -OCH3 is 1. The monoisotopic (exact) mass is 496 g/mol. The van der Waals surface area contributed by atoms with Crippen LogP contribution in [-0.2, 0) is 41.6 Å². The Morgan fingerprint density at radius 1 is 0.806 bits per heavy atom. The predicted octanol–water partition coefficient (Wildman–Crippen LogP) is 0.386. The maximum Gasteiger partial charge on any atom is 0.328 e. The summed E-state index contributed by atoms with van der Waals surface area (Å²) >= 11 is 0. The number of hydrogen-bond donors (Lipinski definition) is 4. The number of primary amides is 1. The van der Waals surface area contributed by atoms with Crippen molar-refractivity contribution in [3.8, 4) is 0 Å². The van der Waals surface area contributed by atoms with Gasteiger partial charge >= 0.3 is 5.97 Å². The van der Waals surface area contributed by atoms with E-state index in [4.69, 9.17) is 10.5 Å². The van der Waals surface area contributed by atoms with Gasteiger partial charge in [-0.05, 0) is 24.0 Å². The molecule has 0 bridgehead atoms. The SMILES string of the molecule is COC(=O)[C@H](CCC(N)=O)NC(=O)[C@H](Cc1ccccc1)NC(=O)CNC(=O)CCc1ccccc1. The summed E-state index contributed by atoms with van der Waals surface area (Å²) in [5.41, 5.74) is 6.94. The molecule has 0 aliphatic rings. The molecule has 0 saturated carbocycles. The summed E-state index contributed by atoms with van der Waals surface area (Å²) < 4.78 is 4.70. The van der Waals surface area contributed by atoms with Crippen LogP contribution in [0.15, 0.2) is 60.7 Å².